The molecule has 1 aliphatic heterocycles. The molecule has 1 aromatic carbocycles. The Kier molecular flexibility index (Phi) is 3.64. The van der Waals surface area contributed by atoms with Gasteiger partial charge < -0.3 is 9.84 Å². The monoisotopic (exact) mass is 260 g/mol. The molecule has 2 nitrogen and oxygen atoms in total. The molecule has 0 spiro atoms. The summed E-state index contributed by atoms with van der Waals surface area (Å²) in [5.41, 5.74) is -0.830. The van der Waals surface area contributed by atoms with E-state index < -0.39 is 17.8 Å². The summed E-state index contributed by atoms with van der Waals surface area (Å²) in [6.45, 7) is 2.26. The standard InChI is InChI=1S/C13H15F3O2/c1-8-9(6-7-18-8)12(17)10-4-2-3-5-11(10)13(14,15)16/h2-5,8-9,12,17H,6-7H2,1H3. The molecule has 0 amide bonds. The molecule has 100 valence electrons. The molecule has 0 bridgehead atoms. The van der Waals surface area contributed by atoms with Crippen LogP contribution in [-0.2, 0) is 10.9 Å². The maximum absolute atomic E-state index is 12.9. The lowest BCUT2D eigenvalue weighted by Crippen LogP contribution is -2.22. The lowest BCUT2D eigenvalue weighted by Gasteiger charge is -2.24. The topological polar surface area (TPSA) is 29.5 Å². The molecule has 0 saturated carbocycles. The Hall–Kier alpha value is -1.07. The molecule has 3 atom stereocenters. The molecular formula is C13H15F3O2. The minimum absolute atomic E-state index is 0.0626. The van der Waals surface area contributed by atoms with Crippen molar-refractivity contribution >= 4 is 0 Å². The van der Waals surface area contributed by atoms with Crippen molar-refractivity contribution < 1.29 is 23.0 Å². The van der Waals surface area contributed by atoms with Crippen LogP contribution < -0.4 is 0 Å². The highest BCUT2D eigenvalue weighted by Crippen LogP contribution is 2.39. The van der Waals surface area contributed by atoms with Crippen molar-refractivity contribution in [1.82, 2.24) is 0 Å². The number of aliphatic hydroxyl groups excluding tert-OH is 1. The fourth-order valence-electron chi connectivity index (χ4n) is 2.41. The lowest BCUT2D eigenvalue weighted by atomic mass is 9.88. The van der Waals surface area contributed by atoms with Crippen LogP contribution in [0.15, 0.2) is 24.3 Å². The van der Waals surface area contributed by atoms with E-state index in [4.69, 9.17) is 4.74 Å². The number of benzene rings is 1. The number of rotatable bonds is 2. The highest BCUT2D eigenvalue weighted by Gasteiger charge is 2.38. The van der Waals surface area contributed by atoms with E-state index in [0.29, 0.717) is 13.0 Å². The molecule has 2 rings (SSSR count). The van der Waals surface area contributed by atoms with Crippen LogP contribution >= 0.6 is 0 Å². The van der Waals surface area contributed by atoms with Crippen LogP contribution in [-0.4, -0.2) is 17.8 Å². The van der Waals surface area contributed by atoms with Gasteiger partial charge in [0.05, 0.1) is 17.8 Å². The average Bonchev–Trinajstić information content (AvgIpc) is 2.73. The number of hydrogen-bond acceptors (Lipinski definition) is 2. The first-order valence-corrected chi connectivity index (χ1v) is 5.87. The molecule has 1 N–H and O–H groups in total. The summed E-state index contributed by atoms with van der Waals surface area (Å²) in [5.74, 6) is -0.284. The van der Waals surface area contributed by atoms with Gasteiger partial charge in [-0.2, -0.15) is 13.2 Å². The second-order valence-corrected chi connectivity index (χ2v) is 4.56. The third kappa shape index (κ3) is 2.52. The molecule has 1 aliphatic rings. The van der Waals surface area contributed by atoms with Crippen LogP contribution in [0, 0.1) is 5.92 Å². The van der Waals surface area contributed by atoms with Crippen molar-refractivity contribution in [2.45, 2.75) is 31.7 Å². The Morgan fingerprint density at radius 2 is 2.00 bits per heavy atom. The van der Waals surface area contributed by atoms with Crippen molar-refractivity contribution in [3.8, 4) is 0 Å². The molecule has 1 fully saturated rings. The van der Waals surface area contributed by atoms with Crippen LogP contribution in [0.5, 0.6) is 0 Å². The first-order valence-electron chi connectivity index (χ1n) is 5.87. The highest BCUT2D eigenvalue weighted by molar-refractivity contribution is 5.32. The van der Waals surface area contributed by atoms with Crippen molar-refractivity contribution in [2.75, 3.05) is 6.61 Å². The molecule has 1 saturated heterocycles. The SMILES string of the molecule is CC1OCCC1C(O)c1ccccc1C(F)(F)F. The minimum atomic E-state index is -4.44. The van der Waals surface area contributed by atoms with E-state index in [1.165, 1.54) is 18.2 Å². The largest absolute Gasteiger partial charge is 0.416 e. The number of hydrogen-bond donors (Lipinski definition) is 1. The lowest BCUT2D eigenvalue weighted by molar-refractivity contribution is -0.139. The van der Waals surface area contributed by atoms with E-state index >= 15 is 0 Å². The molecule has 1 aromatic rings. The Morgan fingerprint density at radius 1 is 1.33 bits per heavy atom. The van der Waals surface area contributed by atoms with Crippen molar-refractivity contribution in [2.24, 2.45) is 5.92 Å². The maximum Gasteiger partial charge on any atom is 0.416 e. The van der Waals surface area contributed by atoms with Gasteiger partial charge in [-0.1, -0.05) is 18.2 Å². The summed E-state index contributed by atoms with van der Waals surface area (Å²) in [4.78, 5) is 0. The molecule has 3 unspecified atom stereocenters. The predicted octanol–water partition coefficient (Wildman–Crippen LogP) is 3.16. The summed E-state index contributed by atoms with van der Waals surface area (Å²) < 4.78 is 43.8. The smallest absolute Gasteiger partial charge is 0.388 e. The van der Waals surface area contributed by atoms with E-state index in [-0.39, 0.29) is 17.6 Å². The molecular weight excluding hydrogens is 245 g/mol. The van der Waals surface area contributed by atoms with Gasteiger partial charge in [0, 0.05) is 12.5 Å². The Balaban J connectivity index is 2.33. The van der Waals surface area contributed by atoms with Crippen molar-refractivity contribution in [3.63, 3.8) is 0 Å². The van der Waals surface area contributed by atoms with Gasteiger partial charge in [-0.25, -0.2) is 0 Å². The van der Waals surface area contributed by atoms with Gasteiger partial charge >= 0.3 is 6.18 Å². The maximum atomic E-state index is 12.9. The van der Waals surface area contributed by atoms with Crippen LogP contribution in [0.3, 0.4) is 0 Å². The van der Waals surface area contributed by atoms with Crippen LogP contribution in [0.4, 0.5) is 13.2 Å². The Morgan fingerprint density at radius 3 is 2.56 bits per heavy atom. The zero-order valence-electron chi connectivity index (χ0n) is 9.95. The Bertz CT molecular complexity index is 417. The van der Waals surface area contributed by atoms with E-state index in [0.717, 1.165) is 6.07 Å². The Labute approximate surface area is 103 Å². The molecule has 18 heavy (non-hydrogen) atoms. The fourth-order valence-corrected chi connectivity index (χ4v) is 2.41. The van der Waals surface area contributed by atoms with E-state index in [9.17, 15) is 18.3 Å². The van der Waals surface area contributed by atoms with Crippen LogP contribution in [0.25, 0.3) is 0 Å². The summed E-state index contributed by atoms with van der Waals surface area (Å²) in [7, 11) is 0. The van der Waals surface area contributed by atoms with Crippen LogP contribution in [0.2, 0.25) is 0 Å². The van der Waals surface area contributed by atoms with Crippen molar-refractivity contribution in [3.05, 3.63) is 35.4 Å². The third-order valence-corrected chi connectivity index (χ3v) is 3.43. The zero-order valence-corrected chi connectivity index (χ0v) is 9.95. The van der Waals surface area contributed by atoms with Crippen LogP contribution in [0.1, 0.15) is 30.6 Å². The number of aliphatic hydroxyl groups is 1. The summed E-state index contributed by atoms with van der Waals surface area (Å²) in [6.07, 6.45) is -5.23. The van der Waals surface area contributed by atoms with Gasteiger partial charge in [0.2, 0.25) is 0 Å². The third-order valence-electron chi connectivity index (χ3n) is 3.43. The first-order chi connectivity index (χ1) is 8.41. The number of alkyl halides is 3. The fraction of sp³-hybridized carbons (Fsp3) is 0.538. The van der Waals surface area contributed by atoms with E-state index in [1.807, 2.05) is 0 Å². The van der Waals surface area contributed by atoms with Gasteiger partial charge in [-0.05, 0) is 25.0 Å². The second kappa shape index (κ2) is 4.90. The normalized spacial score (nSPS) is 26.3. The van der Waals surface area contributed by atoms with Gasteiger partial charge in [-0.3, -0.25) is 0 Å². The van der Waals surface area contributed by atoms with Gasteiger partial charge in [0.1, 0.15) is 0 Å². The van der Waals surface area contributed by atoms with E-state index in [2.05, 4.69) is 0 Å². The zero-order chi connectivity index (χ0) is 13.3. The minimum Gasteiger partial charge on any atom is -0.388 e. The molecule has 0 radical (unpaired) electrons. The van der Waals surface area contributed by atoms with Gasteiger partial charge in [0.15, 0.2) is 0 Å². The summed E-state index contributed by atoms with van der Waals surface area (Å²) in [6, 6.07) is 5.17. The quantitative estimate of drug-likeness (QED) is 0.885. The van der Waals surface area contributed by atoms with E-state index in [1.54, 1.807) is 6.92 Å². The highest BCUT2D eigenvalue weighted by atomic mass is 19.4. The first kappa shape index (κ1) is 13.4. The molecule has 0 aliphatic carbocycles. The molecule has 5 heteroatoms. The van der Waals surface area contributed by atoms with Gasteiger partial charge in [0.25, 0.3) is 0 Å². The van der Waals surface area contributed by atoms with Gasteiger partial charge in [-0.15, -0.1) is 0 Å². The molecule has 0 aromatic heterocycles. The number of halogens is 3. The number of ether oxygens (including phenoxy) is 1. The second-order valence-electron chi connectivity index (χ2n) is 4.56. The average molecular weight is 260 g/mol. The van der Waals surface area contributed by atoms with Crippen molar-refractivity contribution in [1.29, 1.82) is 0 Å². The predicted molar refractivity (Wildman–Crippen MR) is 59.9 cm³/mol. The molecule has 1 heterocycles. The summed E-state index contributed by atoms with van der Waals surface area (Å²) in [5, 5.41) is 10.2. The summed E-state index contributed by atoms with van der Waals surface area (Å²) >= 11 is 0.